The molecule has 2 aromatic carbocycles. The molecule has 0 aliphatic heterocycles. The molecule has 0 aliphatic rings. The Morgan fingerprint density at radius 2 is 1.25 bits per heavy atom. The number of hydrogen-bond acceptors (Lipinski definition) is 1. The van der Waals surface area contributed by atoms with Crippen LogP contribution in [0.4, 0.5) is 26.3 Å². The van der Waals surface area contributed by atoms with Crippen LogP contribution in [-0.2, 0) is 0 Å². The molecule has 0 unspecified atom stereocenters. The summed E-state index contributed by atoms with van der Waals surface area (Å²) in [5.41, 5.74) is -2.40. The molecule has 0 saturated carbocycles. The van der Waals surface area contributed by atoms with Gasteiger partial charge in [-0.05, 0) is 17.7 Å². The number of halogens is 6. The van der Waals surface area contributed by atoms with Crippen LogP contribution in [0.15, 0.2) is 18.2 Å². The van der Waals surface area contributed by atoms with E-state index in [1.807, 2.05) is 0 Å². The van der Waals surface area contributed by atoms with Crippen LogP contribution in [0.1, 0.15) is 10.4 Å². The van der Waals surface area contributed by atoms with Gasteiger partial charge >= 0.3 is 0 Å². The van der Waals surface area contributed by atoms with Crippen molar-refractivity contribution in [2.75, 3.05) is 0 Å². The lowest BCUT2D eigenvalue weighted by Crippen LogP contribution is -2.05. The summed E-state index contributed by atoms with van der Waals surface area (Å²) in [5.74, 6) is -11.6. The molecule has 0 bridgehead atoms. The van der Waals surface area contributed by atoms with Crippen LogP contribution in [0.2, 0.25) is 0 Å². The van der Waals surface area contributed by atoms with Gasteiger partial charge in [0.1, 0.15) is 5.82 Å². The second-order valence-electron chi connectivity index (χ2n) is 3.79. The molecule has 2 rings (SSSR count). The molecular formula is C13H4F6O. The predicted octanol–water partition coefficient (Wildman–Crippen LogP) is 4.00. The lowest BCUT2D eigenvalue weighted by molar-refractivity contribution is 0.112. The van der Waals surface area contributed by atoms with E-state index in [4.69, 9.17) is 0 Å². The van der Waals surface area contributed by atoms with E-state index >= 15 is 0 Å². The van der Waals surface area contributed by atoms with Crippen molar-refractivity contribution in [1.29, 1.82) is 0 Å². The second-order valence-corrected chi connectivity index (χ2v) is 3.79. The molecule has 0 saturated heterocycles. The van der Waals surface area contributed by atoms with Crippen LogP contribution in [0.5, 0.6) is 0 Å². The van der Waals surface area contributed by atoms with Gasteiger partial charge in [-0.1, -0.05) is 6.07 Å². The van der Waals surface area contributed by atoms with Crippen LogP contribution in [-0.4, -0.2) is 6.29 Å². The zero-order valence-corrected chi connectivity index (χ0v) is 9.49. The van der Waals surface area contributed by atoms with E-state index in [0.717, 1.165) is 12.1 Å². The molecule has 0 spiro atoms. The normalized spacial score (nSPS) is 10.7. The molecule has 104 valence electrons. The topological polar surface area (TPSA) is 17.1 Å². The highest BCUT2D eigenvalue weighted by molar-refractivity contribution is 5.87. The van der Waals surface area contributed by atoms with E-state index in [9.17, 15) is 31.1 Å². The maximum Gasteiger partial charge on any atom is 0.200 e. The molecule has 0 aromatic heterocycles. The first-order chi connectivity index (χ1) is 9.38. The molecule has 7 heteroatoms. The Balaban J connectivity index is 2.87. The van der Waals surface area contributed by atoms with Crippen molar-refractivity contribution in [3.8, 4) is 11.1 Å². The van der Waals surface area contributed by atoms with Crippen molar-refractivity contribution in [1.82, 2.24) is 0 Å². The smallest absolute Gasteiger partial charge is 0.200 e. The van der Waals surface area contributed by atoms with Gasteiger partial charge in [0, 0.05) is 5.56 Å². The van der Waals surface area contributed by atoms with Crippen molar-refractivity contribution in [3.63, 3.8) is 0 Å². The zero-order valence-electron chi connectivity index (χ0n) is 9.49. The van der Waals surface area contributed by atoms with E-state index in [-0.39, 0.29) is 6.29 Å². The monoisotopic (exact) mass is 290 g/mol. The van der Waals surface area contributed by atoms with E-state index in [1.54, 1.807) is 0 Å². The Kier molecular flexibility index (Phi) is 3.52. The van der Waals surface area contributed by atoms with E-state index in [0.29, 0.717) is 6.07 Å². The molecule has 0 radical (unpaired) electrons. The summed E-state index contributed by atoms with van der Waals surface area (Å²) in [6.07, 6.45) is 0.0520. The fourth-order valence-electron chi connectivity index (χ4n) is 1.70. The second kappa shape index (κ2) is 4.99. The van der Waals surface area contributed by atoms with Gasteiger partial charge in [-0.2, -0.15) is 0 Å². The van der Waals surface area contributed by atoms with Gasteiger partial charge in [0.15, 0.2) is 29.6 Å². The Labute approximate surface area is 108 Å². The first kappa shape index (κ1) is 14.1. The number of carbonyl (C=O) groups excluding carboxylic acids is 1. The van der Waals surface area contributed by atoms with Crippen LogP contribution in [0, 0.1) is 34.9 Å². The fraction of sp³-hybridized carbons (Fsp3) is 0. The fourth-order valence-corrected chi connectivity index (χ4v) is 1.70. The van der Waals surface area contributed by atoms with Gasteiger partial charge in [0.2, 0.25) is 5.82 Å². The molecule has 0 heterocycles. The third kappa shape index (κ3) is 2.04. The lowest BCUT2D eigenvalue weighted by Gasteiger charge is -2.10. The summed E-state index contributed by atoms with van der Waals surface area (Å²) in [4.78, 5) is 10.7. The minimum Gasteiger partial charge on any atom is -0.298 e. The average Bonchev–Trinajstić information content (AvgIpc) is 2.44. The Bertz CT molecular complexity index is 681. The van der Waals surface area contributed by atoms with Crippen molar-refractivity contribution in [2.45, 2.75) is 0 Å². The summed E-state index contributed by atoms with van der Waals surface area (Å²) in [6, 6.07) is 2.12. The summed E-state index contributed by atoms with van der Waals surface area (Å²) < 4.78 is 79.1. The number of rotatable bonds is 2. The molecule has 1 nitrogen and oxygen atoms in total. The number of carbonyl (C=O) groups is 1. The van der Waals surface area contributed by atoms with Crippen molar-refractivity contribution in [2.24, 2.45) is 0 Å². The van der Waals surface area contributed by atoms with Gasteiger partial charge in [-0.25, -0.2) is 26.3 Å². The number of hydrogen-bond donors (Lipinski definition) is 0. The minimum atomic E-state index is -2.31. The standard InChI is InChI=1S/C13H4F6O/c14-6-1-2-7(5(3-6)4-20)8-9(15)11(17)13(19)12(18)10(8)16/h1-4H. The zero-order chi connectivity index (χ0) is 15.0. The summed E-state index contributed by atoms with van der Waals surface area (Å²) in [7, 11) is 0. The third-order valence-corrected chi connectivity index (χ3v) is 2.62. The van der Waals surface area contributed by atoms with Gasteiger partial charge in [0.25, 0.3) is 0 Å². The third-order valence-electron chi connectivity index (χ3n) is 2.62. The summed E-state index contributed by atoms with van der Waals surface area (Å²) in [6.45, 7) is 0. The first-order valence-corrected chi connectivity index (χ1v) is 5.15. The quantitative estimate of drug-likeness (QED) is 0.353. The van der Waals surface area contributed by atoms with Crippen molar-refractivity contribution >= 4 is 6.29 Å². The van der Waals surface area contributed by atoms with Crippen LogP contribution in [0.3, 0.4) is 0 Å². The minimum absolute atomic E-state index is 0.0520. The number of benzene rings is 2. The molecule has 0 fully saturated rings. The van der Waals surface area contributed by atoms with Crippen LogP contribution < -0.4 is 0 Å². The molecule has 0 amide bonds. The molecule has 0 aliphatic carbocycles. The van der Waals surface area contributed by atoms with E-state index < -0.39 is 51.6 Å². The summed E-state index contributed by atoms with van der Waals surface area (Å²) >= 11 is 0. The van der Waals surface area contributed by atoms with Gasteiger partial charge < -0.3 is 0 Å². The highest BCUT2D eigenvalue weighted by Crippen LogP contribution is 2.33. The Morgan fingerprint density at radius 1 is 0.750 bits per heavy atom. The highest BCUT2D eigenvalue weighted by Gasteiger charge is 2.27. The highest BCUT2D eigenvalue weighted by atomic mass is 19.2. The SMILES string of the molecule is O=Cc1cc(F)ccc1-c1c(F)c(F)c(F)c(F)c1F. The first-order valence-electron chi connectivity index (χ1n) is 5.15. The molecule has 0 atom stereocenters. The van der Waals surface area contributed by atoms with Gasteiger partial charge in [-0.3, -0.25) is 4.79 Å². The molecular weight excluding hydrogens is 286 g/mol. The van der Waals surface area contributed by atoms with Crippen LogP contribution in [0.25, 0.3) is 11.1 Å². The van der Waals surface area contributed by atoms with Crippen molar-refractivity contribution in [3.05, 3.63) is 58.7 Å². The largest absolute Gasteiger partial charge is 0.298 e. The predicted molar refractivity (Wildman–Crippen MR) is 57.0 cm³/mol. The molecule has 2 aromatic rings. The summed E-state index contributed by atoms with van der Waals surface area (Å²) in [5, 5.41) is 0. The lowest BCUT2D eigenvalue weighted by atomic mass is 9.98. The average molecular weight is 290 g/mol. The van der Waals surface area contributed by atoms with Gasteiger partial charge in [-0.15, -0.1) is 0 Å². The van der Waals surface area contributed by atoms with Crippen LogP contribution >= 0.6 is 0 Å². The maximum atomic E-state index is 13.6. The maximum absolute atomic E-state index is 13.6. The molecule has 20 heavy (non-hydrogen) atoms. The number of aldehydes is 1. The Hall–Kier alpha value is -2.31. The van der Waals surface area contributed by atoms with Crippen molar-refractivity contribution < 1.29 is 31.1 Å². The molecule has 0 N–H and O–H groups in total. The Morgan fingerprint density at radius 3 is 1.75 bits per heavy atom. The van der Waals surface area contributed by atoms with Gasteiger partial charge in [0.05, 0.1) is 5.56 Å². The van der Waals surface area contributed by atoms with E-state index in [1.165, 1.54) is 0 Å². The van der Waals surface area contributed by atoms with E-state index in [2.05, 4.69) is 0 Å².